The summed E-state index contributed by atoms with van der Waals surface area (Å²) in [6.45, 7) is 0. The molecule has 2 N–H and O–H groups in total. The molecule has 1 heterocycles. The SMILES string of the molecule is O=C(O)C1CCc2oc(-c3ccccc3O)nc2C1. The molecule has 5 nitrogen and oxygen atoms in total. The average molecular weight is 259 g/mol. The smallest absolute Gasteiger partial charge is 0.306 e. The first-order valence-electron chi connectivity index (χ1n) is 6.15. The van der Waals surface area contributed by atoms with Crippen LogP contribution in [0.2, 0.25) is 0 Å². The number of aliphatic carboxylic acids is 1. The summed E-state index contributed by atoms with van der Waals surface area (Å²) in [7, 11) is 0. The van der Waals surface area contributed by atoms with Gasteiger partial charge in [-0.2, -0.15) is 0 Å². The van der Waals surface area contributed by atoms with Crippen LogP contribution in [0.1, 0.15) is 17.9 Å². The van der Waals surface area contributed by atoms with E-state index in [1.807, 2.05) is 0 Å². The van der Waals surface area contributed by atoms with E-state index in [0.717, 1.165) is 5.76 Å². The van der Waals surface area contributed by atoms with Gasteiger partial charge in [-0.25, -0.2) is 4.98 Å². The number of aryl methyl sites for hydroxylation is 1. The number of phenols is 1. The zero-order valence-electron chi connectivity index (χ0n) is 10.2. The number of hydrogen-bond acceptors (Lipinski definition) is 4. The topological polar surface area (TPSA) is 83.6 Å². The number of para-hydroxylation sites is 1. The number of phenolic OH excluding ortho intramolecular Hbond substituents is 1. The maximum absolute atomic E-state index is 11.0. The molecule has 1 aromatic heterocycles. The van der Waals surface area contributed by atoms with Crippen molar-refractivity contribution in [1.29, 1.82) is 0 Å². The van der Waals surface area contributed by atoms with Crippen LogP contribution >= 0.6 is 0 Å². The van der Waals surface area contributed by atoms with Gasteiger partial charge >= 0.3 is 5.97 Å². The summed E-state index contributed by atoms with van der Waals surface area (Å²) < 4.78 is 5.64. The fraction of sp³-hybridized carbons (Fsp3) is 0.286. The predicted molar refractivity (Wildman–Crippen MR) is 66.8 cm³/mol. The van der Waals surface area contributed by atoms with Crippen molar-refractivity contribution in [2.24, 2.45) is 5.92 Å². The molecule has 2 aromatic rings. The molecule has 1 aliphatic rings. The quantitative estimate of drug-likeness (QED) is 0.864. The van der Waals surface area contributed by atoms with Crippen LogP contribution in [0.5, 0.6) is 5.75 Å². The number of hydrogen-bond donors (Lipinski definition) is 2. The summed E-state index contributed by atoms with van der Waals surface area (Å²) >= 11 is 0. The van der Waals surface area contributed by atoms with E-state index in [0.29, 0.717) is 36.4 Å². The molecular weight excluding hydrogens is 246 g/mol. The second-order valence-corrected chi connectivity index (χ2v) is 4.68. The standard InChI is InChI=1S/C14H13NO4/c16-11-4-2-1-3-9(11)13-15-10-7-8(14(17)18)5-6-12(10)19-13/h1-4,8,16H,5-7H2,(H,17,18). The number of carboxylic acid groups (broad SMARTS) is 1. The molecule has 0 radical (unpaired) electrons. The van der Waals surface area contributed by atoms with Gasteiger partial charge in [0.15, 0.2) is 0 Å². The van der Waals surface area contributed by atoms with Crippen LogP contribution in [-0.4, -0.2) is 21.2 Å². The van der Waals surface area contributed by atoms with Gasteiger partial charge in [0.1, 0.15) is 11.5 Å². The van der Waals surface area contributed by atoms with Crippen molar-refractivity contribution in [2.75, 3.05) is 0 Å². The highest BCUT2D eigenvalue weighted by molar-refractivity contribution is 5.71. The highest BCUT2D eigenvalue weighted by atomic mass is 16.4. The molecule has 1 unspecified atom stereocenters. The van der Waals surface area contributed by atoms with E-state index >= 15 is 0 Å². The van der Waals surface area contributed by atoms with E-state index in [1.165, 1.54) is 0 Å². The lowest BCUT2D eigenvalue weighted by molar-refractivity contribution is -0.142. The van der Waals surface area contributed by atoms with Gasteiger partial charge in [-0.15, -0.1) is 0 Å². The largest absolute Gasteiger partial charge is 0.507 e. The van der Waals surface area contributed by atoms with Gasteiger partial charge in [-0.1, -0.05) is 12.1 Å². The number of aromatic nitrogens is 1. The highest BCUT2D eigenvalue weighted by Gasteiger charge is 2.28. The van der Waals surface area contributed by atoms with Gasteiger partial charge in [0.05, 0.1) is 17.2 Å². The molecule has 0 fully saturated rings. The molecule has 0 amide bonds. The molecule has 0 spiro atoms. The van der Waals surface area contributed by atoms with E-state index < -0.39 is 11.9 Å². The molecule has 98 valence electrons. The van der Waals surface area contributed by atoms with Crippen LogP contribution in [0.3, 0.4) is 0 Å². The Morgan fingerprint density at radius 2 is 2.16 bits per heavy atom. The monoisotopic (exact) mass is 259 g/mol. The fourth-order valence-electron chi connectivity index (χ4n) is 2.36. The van der Waals surface area contributed by atoms with E-state index in [1.54, 1.807) is 24.3 Å². The van der Waals surface area contributed by atoms with Crippen molar-refractivity contribution in [3.63, 3.8) is 0 Å². The van der Waals surface area contributed by atoms with E-state index in [-0.39, 0.29) is 5.75 Å². The third-order valence-corrected chi connectivity index (χ3v) is 3.42. The number of carboxylic acids is 1. The zero-order chi connectivity index (χ0) is 13.4. The Balaban J connectivity index is 1.96. The zero-order valence-corrected chi connectivity index (χ0v) is 10.2. The lowest BCUT2D eigenvalue weighted by atomic mass is 9.90. The highest BCUT2D eigenvalue weighted by Crippen LogP contribution is 2.33. The second-order valence-electron chi connectivity index (χ2n) is 4.68. The average Bonchev–Trinajstić information content (AvgIpc) is 2.81. The number of fused-ring (bicyclic) bond motifs is 1. The molecule has 1 atom stereocenters. The molecule has 0 bridgehead atoms. The molecule has 1 aromatic carbocycles. The van der Waals surface area contributed by atoms with Crippen LogP contribution in [0.25, 0.3) is 11.5 Å². The fourth-order valence-corrected chi connectivity index (χ4v) is 2.36. The molecular formula is C14H13NO4. The maximum Gasteiger partial charge on any atom is 0.306 e. The summed E-state index contributed by atoms with van der Waals surface area (Å²) in [5.41, 5.74) is 1.22. The third-order valence-electron chi connectivity index (χ3n) is 3.42. The summed E-state index contributed by atoms with van der Waals surface area (Å²) in [5, 5.41) is 18.8. The van der Waals surface area contributed by atoms with Gasteiger partial charge < -0.3 is 14.6 Å². The number of nitrogens with zero attached hydrogens (tertiary/aromatic N) is 1. The van der Waals surface area contributed by atoms with E-state index in [2.05, 4.69) is 4.98 Å². The maximum atomic E-state index is 11.0. The minimum absolute atomic E-state index is 0.107. The van der Waals surface area contributed by atoms with Crippen LogP contribution < -0.4 is 0 Å². The van der Waals surface area contributed by atoms with Crippen LogP contribution in [0, 0.1) is 5.92 Å². The van der Waals surface area contributed by atoms with Gasteiger partial charge in [-0.3, -0.25) is 4.79 Å². The van der Waals surface area contributed by atoms with Crippen molar-refractivity contribution in [1.82, 2.24) is 4.98 Å². The Labute approximate surface area is 109 Å². The Morgan fingerprint density at radius 3 is 2.89 bits per heavy atom. The summed E-state index contributed by atoms with van der Waals surface area (Å²) in [4.78, 5) is 15.3. The first kappa shape index (κ1) is 11.8. The molecule has 5 heteroatoms. The molecule has 19 heavy (non-hydrogen) atoms. The molecule has 1 aliphatic carbocycles. The normalized spacial score (nSPS) is 18.0. The summed E-state index contributed by atoms with van der Waals surface area (Å²) in [6, 6.07) is 6.81. The minimum atomic E-state index is -0.794. The van der Waals surface area contributed by atoms with Crippen LogP contribution in [-0.2, 0) is 17.6 Å². The van der Waals surface area contributed by atoms with Gasteiger partial charge in [0, 0.05) is 12.8 Å². The number of aromatic hydroxyl groups is 1. The van der Waals surface area contributed by atoms with Crippen molar-refractivity contribution in [3.05, 3.63) is 35.7 Å². The third kappa shape index (κ3) is 2.07. The van der Waals surface area contributed by atoms with Crippen molar-refractivity contribution < 1.29 is 19.4 Å². The summed E-state index contributed by atoms with van der Waals surface area (Å²) in [6.07, 6.45) is 1.53. The second kappa shape index (κ2) is 4.42. The van der Waals surface area contributed by atoms with Crippen LogP contribution in [0.4, 0.5) is 0 Å². The Morgan fingerprint density at radius 1 is 1.37 bits per heavy atom. The number of carbonyl (C=O) groups is 1. The molecule has 0 saturated heterocycles. The van der Waals surface area contributed by atoms with Crippen molar-refractivity contribution in [2.45, 2.75) is 19.3 Å². The Kier molecular flexibility index (Phi) is 2.74. The lowest BCUT2D eigenvalue weighted by Crippen LogP contribution is -2.21. The summed E-state index contributed by atoms with van der Waals surface area (Å²) in [5.74, 6) is 0.00773. The number of rotatable bonds is 2. The Bertz CT molecular complexity index is 632. The van der Waals surface area contributed by atoms with E-state index in [4.69, 9.17) is 9.52 Å². The van der Waals surface area contributed by atoms with Crippen LogP contribution in [0.15, 0.2) is 28.7 Å². The Hall–Kier alpha value is -2.30. The molecule has 3 rings (SSSR count). The van der Waals surface area contributed by atoms with Gasteiger partial charge in [0.25, 0.3) is 0 Å². The van der Waals surface area contributed by atoms with Gasteiger partial charge in [-0.05, 0) is 18.6 Å². The lowest BCUT2D eigenvalue weighted by Gasteiger charge is -2.15. The first-order chi connectivity index (χ1) is 9.15. The predicted octanol–water partition coefficient (Wildman–Crippen LogP) is 2.24. The van der Waals surface area contributed by atoms with Crippen molar-refractivity contribution >= 4 is 5.97 Å². The first-order valence-corrected chi connectivity index (χ1v) is 6.15. The molecule has 0 aliphatic heterocycles. The number of benzene rings is 1. The van der Waals surface area contributed by atoms with Crippen molar-refractivity contribution in [3.8, 4) is 17.2 Å². The number of oxazole rings is 1. The van der Waals surface area contributed by atoms with Gasteiger partial charge in [0.2, 0.25) is 5.89 Å². The minimum Gasteiger partial charge on any atom is -0.507 e. The molecule has 0 saturated carbocycles. The van der Waals surface area contributed by atoms with E-state index in [9.17, 15) is 9.90 Å².